The van der Waals surface area contributed by atoms with Crippen LogP contribution in [-0.4, -0.2) is 42.1 Å². The molecule has 2 aromatic rings. The van der Waals surface area contributed by atoms with Crippen molar-refractivity contribution in [3.8, 4) is 0 Å². The van der Waals surface area contributed by atoms with E-state index in [9.17, 15) is 13.2 Å². The molecule has 164 valence electrons. The Labute approximate surface area is 183 Å². The molecule has 3 N–H and O–H groups in total. The van der Waals surface area contributed by atoms with Crippen LogP contribution in [0, 0.1) is 11.3 Å². The van der Waals surface area contributed by atoms with Crippen molar-refractivity contribution >= 4 is 33.0 Å². The van der Waals surface area contributed by atoms with Crippen molar-refractivity contribution in [3.63, 3.8) is 0 Å². The van der Waals surface area contributed by atoms with Crippen LogP contribution in [0.2, 0.25) is 0 Å². The predicted molar refractivity (Wildman–Crippen MR) is 122 cm³/mol. The molecule has 0 spiro atoms. The Kier molecular flexibility index (Phi) is 5.37. The van der Waals surface area contributed by atoms with E-state index in [-0.39, 0.29) is 23.3 Å². The largest absolute Gasteiger partial charge is 0.345 e. The molecule has 7 nitrogen and oxygen atoms in total. The number of amides is 1. The van der Waals surface area contributed by atoms with Crippen LogP contribution >= 0.6 is 0 Å². The third kappa shape index (κ3) is 4.79. The first-order chi connectivity index (χ1) is 14.6. The molecular formula is C23H28N4O3S. The molecule has 1 aromatic carbocycles. The lowest BCUT2D eigenvalue weighted by molar-refractivity contribution is 0.0916. The van der Waals surface area contributed by atoms with Crippen LogP contribution < -0.4 is 10.6 Å². The lowest BCUT2D eigenvalue weighted by Gasteiger charge is -2.38. The van der Waals surface area contributed by atoms with Gasteiger partial charge in [-0.3, -0.25) is 4.79 Å². The maximum Gasteiger partial charge on any atom is 0.253 e. The van der Waals surface area contributed by atoms with Crippen molar-refractivity contribution in [2.75, 3.05) is 16.8 Å². The highest BCUT2D eigenvalue weighted by atomic mass is 32.2. The standard InChI is InChI=1S/C23H28N4O3S/c1-14(2)20(24)19-10-17(22(28)27-23(3)12-31(29,30)13-23)11-25-21(19)26-18-6-4-5-16(9-18)15-7-8-15/h4-6,9-11,14-15,24H,7-8,12-13H2,1-3H3,(H,25,26)(H,27,28). The number of pyridine rings is 1. The van der Waals surface area contributed by atoms with Crippen LogP contribution in [0.15, 0.2) is 36.5 Å². The first-order valence-electron chi connectivity index (χ1n) is 10.5. The average Bonchev–Trinajstić information content (AvgIpc) is 3.51. The minimum atomic E-state index is -3.07. The van der Waals surface area contributed by atoms with Crippen LogP contribution in [0.5, 0.6) is 0 Å². The van der Waals surface area contributed by atoms with E-state index in [1.54, 1.807) is 13.0 Å². The molecule has 0 atom stereocenters. The molecule has 0 radical (unpaired) electrons. The lowest BCUT2D eigenvalue weighted by atomic mass is 9.98. The molecule has 8 heteroatoms. The molecule has 0 unspecified atom stereocenters. The Bertz CT molecular complexity index is 1140. The van der Waals surface area contributed by atoms with Gasteiger partial charge in [-0.05, 0) is 55.4 Å². The first kappa shape index (κ1) is 21.5. The third-order valence-corrected chi connectivity index (χ3v) is 7.86. The summed E-state index contributed by atoms with van der Waals surface area (Å²) in [7, 11) is -3.07. The van der Waals surface area contributed by atoms with E-state index >= 15 is 0 Å². The van der Waals surface area contributed by atoms with Crippen LogP contribution in [-0.2, 0) is 9.84 Å². The number of aromatic nitrogens is 1. The molecule has 0 bridgehead atoms. The van der Waals surface area contributed by atoms with Gasteiger partial charge in [0.25, 0.3) is 5.91 Å². The topological polar surface area (TPSA) is 112 Å². The second kappa shape index (κ2) is 7.75. The zero-order chi connectivity index (χ0) is 22.4. The number of hydrogen-bond donors (Lipinski definition) is 3. The van der Waals surface area contributed by atoms with Crippen LogP contribution in [0.3, 0.4) is 0 Å². The van der Waals surface area contributed by atoms with Crippen molar-refractivity contribution < 1.29 is 13.2 Å². The van der Waals surface area contributed by atoms with Crippen molar-refractivity contribution in [2.24, 2.45) is 5.92 Å². The van der Waals surface area contributed by atoms with Gasteiger partial charge in [-0.25, -0.2) is 13.4 Å². The second-order valence-electron chi connectivity index (χ2n) is 9.26. The quantitative estimate of drug-likeness (QED) is 0.569. The first-order valence-corrected chi connectivity index (χ1v) is 12.4. The molecule has 31 heavy (non-hydrogen) atoms. The van der Waals surface area contributed by atoms with Crippen LogP contribution in [0.25, 0.3) is 0 Å². The molecular weight excluding hydrogens is 412 g/mol. The summed E-state index contributed by atoms with van der Waals surface area (Å²) in [5.41, 5.74) is 2.68. The summed E-state index contributed by atoms with van der Waals surface area (Å²) >= 11 is 0. The van der Waals surface area contributed by atoms with Gasteiger partial charge < -0.3 is 16.0 Å². The Balaban J connectivity index is 1.59. The van der Waals surface area contributed by atoms with Gasteiger partial charge in [0, 0.05) is 23.2 Å². The summed E-state index contributed by atoms with van der Waals surface area (Å²) in [4.78, 5) is 17.2. The summed E-state index contributed by atoms with van der Waals surface area (Å²) in [6.07, 6.45) is 3.90. The lowest BCUT2D eigenvalue weighted by Crippen LogP contribution is -2.63. The fraction of sp³-hybridized carbons (Fsp3) is 0.435. The monoisotopic (exact) mass is 440 g/mol. The highest BCUT2D eigenvalue weighted by Gasteiger charge is 2.45. The number of hydrogen-bond acceptors (Lipinski definition) is 6. The van der Waals surface area contributed by atoms with Gasteiger partial charge in [0.05, 0.1) is 22.6 Å². The van der Waals surface area contributed by atoms with Crippen molar-refractivity contribution in [3.05, 3.63) is 53.2 Å². The molecule has 1 aliphatic heterocycles. The summed E-state index contributed by atoms with van der Waals surface area (Å²) in [5, 5.41) is 14.7. The van der Waals surface area contributed by atoms with E-state index in [0.717, 1.165) is 5.69 Å². The normalized spacial score (nSPS) is 18.8. The van der Waals surface area contributed by atoms with Crippen molar-refractivity contribution in [1.29, 1.82) is 5.41 Å². The fourth-order valence-corrected chi connectivity index (χ4v) is 5.98. The number of carbonyl (C=O) groups excluding carboxylic acids is 1. The number of sulfone groups is 1. The highest BCUT2D eigenvalue weighted by molar-refractivity contribution is 7.93. The molecule has 1 aromatic heterocycles. The summed E-state index contributed by atoms with van der Waals surface area (Å²) in [5.74, 6) is 0.597. The Hall–Kier alpha value is -2.74. The number of anilines is 2. The molecule has 1 saturated heterocycles. The number of benzene rings is 1. The third-order valence-electron chi connectivity index (χ3n) is 5.71. The van der Waals surface area contributed by atoms with E-state index in [2.05, 4.69) is 27.8 Å². The minimum Gasteiger partial charge on any atom is -0.345 e. The SMILES string of the molecule is CC(C)C(=N)c1cc(C(=O)NC2(C)CS(=O)(=O)C2)cnc1Nc1cccc(C2CC2)c1. The summed E-state index contributed by atoms with van der Waals surface area (Å²) < 4.78 is 23.1. The van der Waals surface area contributed by atoms with E-state index in [1.807, 2.05) is 26.0 Å². The van der Waals surface area contributed by atoms with E-state index < -0.39 is 15.4 Å². The number of carbonyl (C=O) groups is 1. The van der Waals surface area contributed by atoms with Gasteiger partial charge in [-0.15, -0.1) is 0 Å². The zero-order valence-electron chi connectivity index (χ0n) is 18.0. The predicted octanol–water partition coefficient (Wildman–Crippen LogP) is 3.64. The molecule has 2 fully saturated rings. The van der Waals surface area contributed by atoms with Crippen molar-refractivity contribution in [2.45, 2.75) is 45.1 Å². The van der Waals surface area contributed by atoms with Gasteiger partial charge in [-0.2, -0.15) is 0 Å². The second-order valence-corrected chi connectivity index (χ2v) is 11.3. The van der Waals surface area contributed by atoms with Gasteiger partial charge in [0.2, 0.25) is 0 Å². The van der Waals surface area contributed by atoms with Gasteiger partial charge in [0.15, 0.2) is 9.84 Å². The molecule has 1 amide bonds. The van der Waals surface area contributed by atoms with E-state index in [1.165, 1.54) is 24.6 Å². The Morgan fingerprint density at radius 3 is 2.55 bits per heavy atom. The fourth-order valence-electron chi connectivity index (χ4n) is 3.98. The Morgan fingerprint density at radius 1 is 1.23 bits per heavy atom. The molecule has 1 saturated carbocycles. The average molecular weight is 441 g/mol. The zero-order valence-corrected chi connectivity index (χ0v) is 18.8. The van der Waals surface area contributed by atoms with E-state index in [0.29, 0.717) is 28.6 Å². The Morgan fingerprint density at radius 2 is 1.94 bits per heavy atom. The highest BCUT2D eigenvalue weighted by Crippen LogP contribution is 2.41. The van der Waals surface area contributed by atoms with Gasteiger partial charge in [0.1, 0.15) is 5.82 Å². The molecule has 2 heterocycles. The van der Waals surface area contributed by atoms with Gasteiger partial charge in [-0.1, -0.05) is 26.0 Å². The van der Waals surface area contributed by atoms with Crippen molar-refractivity contribution in [1.82, 2.24) is 10.3 Å². The van der Waals surface area contributed by atoms with Crippen LogP contribution in [0.4, 0.5) is 11.5 Å². The molecule has 4 rings (SSSR count). The number of nitrogens with one attached hydrogen (secondary N) is 3. The van der Waals surface area contributed by atoms with E-state index in [4.69, 9.17) is 5.41 Å². The van der Waals surface area contributed by atoms with Crippen LogP contribution in [0.1, 0.15) is 61.0 Å². The summed E-state index contributed by atoms with van der Waals surface area (Å²) in [6, 6.07) is 9.88. The molecule has 2 aliphatic rings. The van der Waals surface area contributed by atoms with Gasteiger partial charge >= 0.3 is 0 Å². The minimum absolute atomic E-state index is 0.0484. The maximum atomic E-state index is 12.8. The number of rotatable bonds is 7. The maximum absolute atomic E-state index is 12.8. The smallest absolute Gasteiger partial charge is 0.253 e. The molecule has 1 aliphatic carbocycles. The number of nitrogens with zero attached hydrogens (tertiary/aromatic N) is 1. The summed E-state index contributed by atoms with van der Waals surface area (Å²) in [6.45, 7) is 5.57.